The lowest BCUT2D eigenvalue weighted by Gasteiger charge is -2.33. The second-order valence-electron chi connectivity index (χ2n) is 5.97. The molecule has 120 valence electrons. The Balaban J connectivity index is 2.11. The monoisotopic (exact) mass is 315 g/mol. The molecule has 2 rings (SSSR count). The van der Waals surface area contributed by atoms with Gasteiger partial charge in [0.05, 0.1) is 12.3 Å². The molecule has 7 heteroatoms. The van der Waals surface area contributed by atoms with Crippen molar-refractivity contribution < 1.29 is 13.2 Å². The van der Waals surface area contributed by atoms with Gasteiger partial charge in [0.25, 0.3) is 10.0 Å². The van der Waals surface area contributed by atoms with Crippen LogP contribution in [0, 0.1) is 0 Å². The minimum Gasteiger partial charge on any atom is -0.381 e. The van der Waals surface area contributed by atoms with Gasteiger partial charge in [-0.1, -0.05) is 13.8 Å². The summed E-state index contributed by atoms with van der Waals surface area (Å²) in [6.45, 7) is 3.95. The zero-order valence-electron chi connectivity index (χ0n) is 13.2. The highest BCUT2D eigenvalue weighted by Gasteiger charge is 2.32. The Morgan fingerprint density at radius 3 is 2.43 bits per heavy atom. The van der Waals surface area contributed by atoms with Gasteiger partial charge in [0, 0.05) is 26.1 Å². The van der Waals surface area contributed by atoms with E-state index in [9.17, 15) is 8.42 Å². The molecule has 1 aromatic heterocycles. The first-order valence-electron chi connectivity index (χ1n) is 7.42. The van der Waals surface area contributed by atoms with Gasteiger partial charge < -0.3 is 9.72 Å². The molecule has 0 spiro atoms. The molecular formula is C14H25N3O3S. The quantitative estimate of drug-likeness (QED) is 0.903. The van der Waals surface area contributed by atoms with Crippen LogP contribution in [0.5, 0.6) is 0 Å². The Labute approximate surface area is 127 Å². The van der Waals surface area contributed by atoms with Crippen molar-refractivity contribution in [1.82, 2.24) is 14.3 Å². The molecule has 1 aromatic rings. The van der Waals surface area contributed by atoms with E-state index < -0.39 is 10.0 Å². The number of nitrogens with one attached hydrogen (secondary N) is 1. The zero-order valence-corrected chi connectivity index (χ0v) is 14.0. The molecule has 0 radical (unpaired) electrons. The molecule has 1 fully saturated rings. The van der Waals surface area contributed by atoms with Gasteiger partial charge in [-0.2, -0.15) is 4.31 Å². The standard InChI is InChI=1S/C14H25N3O3S/c1-10(2)14-15-9-13(16-14)21(18,19)17(3)11-5-7-12(20-4)8-6-11/h9-12H,5-8H2,1-4H3,(H,15,16). The fourth-order valence-electron chi connectivity index (χ4n) is 2.74. The highest BCUT2D eigenvalue weighted by Crippen LogP contribution is 2.27. The van der Waals surface area contributed by atoms with Gasteiger partial charge in [-0.05, 0) is 25.7 Å². The van der Waals surface area contributed by atoms with E-state index >= 15 is 0 Å². The first-order valence-corrected chi connectivity index (χ1v) is 8.86. The Hall–Kier alpha value is -0.920. The molecule has 6 nitrogen and oxygen atoms in total. The van der Waals surface area contributed by atoms with Crippen LogP contribution in [-0.2, 0) is 14.8 Å². The number of imidazole rings is 1. The molecule has 0 unspecified atom stereocenters. The maximum Gasteiger partial charge on any atom is 0.260 e. The van der Waals surface area contributed by atoms with E-state index in [1.807, 2.05) is 13.8 Å². The first kappa shape index (κ1) is 16.5. The van der Waals surface area contributed by atoms with Crippen molar-refractivity contribution in [3.8, 4) is 0 Å². The molecule has 1 heterocycles. The molecular weight excluding hydrogens is 290 g/mol. The van der Waals surface area contributed by atoms with E-state index in [1.165, 1.54) is 10.5 Å². The van der Waals surface area contributed by atoms with Crippen molar-refractivity contribution in [2.45, 2.75) is 62.6 Å². The number of hydrogen-bond donors (Lipinski definition) is 1. The molecule has 1 aliphatic carbocycles. The fourth-order valence-corrected chi connectivity index (χ4v) is 4.07. The van der Waals surface area contributed by atoms with E-state index in [2.05, 4.69) is 9.97 Å². The topological polar surface area (TPSA) is 75.3 Å². The summed E-state index contributed by atoms with van der Waals surface area (Å²) in [5.74, 6) is 0.876. The van der Waals surface area contributed by atoms with Crippen LogP contribution in [0.4, 0.5) is 0 Å². The predicted molar refractivity (Wildman–Crippen MR) is 80.7 cm³/mol. The van der Waals surface area contributed by atoms with Crippen LogP contribution in [0.1, 0.15) is 51.3 Å². The van der Waals surface area contributed by atoms with Crippen LogP contribution >= 0.6 is 0 Å². The van der Waals surface area contributed by atoms with Gasteiger partial charge in [-0.15, -0.1) is 0 Å². The first-order chi connectivity index (χ1) is 9.86. The smallest absolute Gasteiger partial charge is 0.260 e. The summed E-state index contributed by atoms with van der Waals surface area (Å²) in [4.78, 5) is 7.08. The number of H-pyrrole nitrogens is 1. The van der Waals surface area contributed by atoms with E-state index in [1.54, 1.807) is 14.2 Å². The van der Waals surface area contributed by atoms with Crippen LogP contribution < -0.4 is 0 Å². The number of hydrogen-bond acceptors (Lipinski definition) is 4. The van der Waals surface area contributed by atoms with Gasteiger partial charge in [0.1, 0.15) is 5.82 Å². The van der Waals surface area contributed by atoms with Crippen molar-refractivity contribution in [2.24, 2.45) is 0 Å². The third kappa shape index (κ3) is 3.46. The third-order valence-corrected chi connectivity index (χ3v) is 6.09. The minimum atomic E-state index is -3.50. The number of rotatable bonds is 5. The van der Waals surface area contributed by atoms with Crippen LogP contribution in [0.3, 0.4) is 0 Å². The Morgan fingerprint density at radius 1 is 1.33 bits per heavy atom. The summed E-state index contributed by atoms with van der Waals surface area (Å²) in [5.41, 5.74) is 0. The van der Waals surface area contributed by atoms with Gasteiger partial charge >= 0.3 is 0 Å². The maximum absolute atomic E-state index is 12.6. The van der Waals surface area contributed by atoms with Gasteiger partial charge in [0.2, 0.25) is 0 Å². The lowest BCUT2D eigenvalue weighted by molar-refractivity contribution is 0.0553. The van der Waals surface area contributed by atoms with Gasteiger partial charge in [-0.3, -0.25) is 0 Å². The van der Waals surface area contributed by atoms with Crippen LogP contribution in [-0.4, -0.2) is 49.0 Å². The lowest BCUT2D eigenvalue weighted by atomic mass is 9.93. The molecule has 0 saturated heterocycles. The zero-order chi connectivity index (χ0) is 15.6. The molecule has 1 saturated carbocycles. The van der Waals surface area contributed by atoms with Crippen LogP contribution in [0.15, 0.2) is 11.2 Å². The molecule has 0 bridgehead atoms. The largest absolute Gasteiger partial charge is 0.381 e. The molecule has 21 heavy (non-hydrogen) atoms. The van der Waals surface area contributed by atoms with E-state index in [0.29, 0.717) is 5.82 Å². The summed E-state index contributed by atoms with van der Waals surface area (Å²) in [7, 11) is -0.133. The second-order valence-corrected chi connectivity index (χ2v) is 7.94. The number of aromatic nitrogens is 2. The second kappa shape index (κ2) is 6.46. The number of sulfonamides is 1. The average molecular weight is 315 g/mol. The number of ether oxygens (including phenoxy) is 1. The SMILES string of the molecule is COC1CCC(N(C)S(=O)(=O)c2cnc(C(C)C)[nH]2)CC1. The van der Waals surface area contributed by atoms with Crippen molar-refractivity contribution in [3.63, 3.8) is 0 Å². The summed E-state index contributed by atoms with van der Waals surface area (Å²) < 4.78 is 32.1. The lowest BCUT2D eigenvalue weighted by Crippen LogP contribution is -2.40. The third-order valence-electron chi connectivity index (χ3n) is 4.27. The average Bonchev–Trinajstić information content (AvgIpc) is 2.97. The van der Waals surface area contributed by atoms with Crippen LogP contribution in [0.2, 0.25) is 0 Å². The van der Waals surface area contributed by atoms with Crippen molar-refractivity contribution in [3.05, 3.63) is 12.0 Å². The van der Waals surface area contributed by atoms with Crippen molar-refractivity contribution in [1.29, 1.82) is 0 Å². The van der Waals surface area contributed by atoms with E-state index in [-0.39, 0.29) is 23.1 Å². The fraction of sp³-hybridized carbons (Fsp3) is 0.786. The maximum atomic E-state index is 12.6. The Morgan fingerprint density at radius 2 is 1.95 bits per heavy atom. The Bertz CT molecular complexity index is 560. The number of aromatic amines is 1. The normalized spacial score (nSPS) is 23.9. The molecule has 1 aliphatic rings. The summed E-state index contributed by atoms with van der Waals surface area (Å²) in [6.07, 6.45) is 5.15. The molecule has 1 N–H and O–H groups in total. The molecule has 0 aromatic carbocycles. The van der Waals surface area contributed by atoms with Gasteiger partial charge in [-0.25, -0.2) is 13.4 Å². The molecule has 0 atom stereocenters. The number of methoxy groups -OCH3 is 1. The van der Waals surface area contributed by atoms with Crippen molar-refractivity contribution >= 4 is 10.0 Å². The number of nitrogens with zero attached hydrogens (tertiary/aromatic N) is 2. The van der Waals surface area contributed by atoms with Gasteiger partial charge in [0.15, 0.2) is 5.03 Å². The molecule has 0 amide bonds. The molecule has 0 aliphatic heterocycles. The summed E-state index contributed by atoms with van der Waals surface area (Å²) in [5, 5.41) is 0.183. The van der Waals surface area contributed by atoms with E-state index in [4.69, 9.17) is 4.74 Å². The highest BCUT2D eigenvalue weighted by molar-refractivity contribution is 7.89. The Kier molecular flexibility index (Phi) is 5.06. The summed E-state index contributed by atoms with van der Waals surface area (Å²) >= 11 is 0. The summed E-state index contributed by atoms with van der Waals surface area (Å²) in [6, 6.07) is 0.0344. The van der Waals surface area contributed by atoms with Crippen LogP contribution in [0.25, 0.3) is 0 Å². The predicted octanol–water partition coefficient (Wildman–Crippen LogP) is 2.11. The highest BCUT2D eigenvalue weighted by atomic mass is 32.2. The minimum absolute atomic E-state index is 0.0344. The van der Waals surface area contributed by atoms with Crippen molar-refractivity contribution in [2.75, 3.05) is 14.2 Å². The van der Waals surface area contributed by atoms with E-state index in [0.717, 1.165) is 25.7 Å².